The first-order valence-electron chi connectivity index (χ1n) is 3.69. The molecule has 0 aromatic carbocycles. The Labute approximate surface area is 73.8 Å². The Hall–Kier alpha value is -1.59. The van der Waals surface area contributed by atoms with Crippen LogP contribution in [0.2, 0.25) is 0 Å². The molecule has 6 heteroatoms. The second-order valence-electron chi connectivity index (χ2n) is 3.03. The van der Waals surface area contributed by atoms with Gasteiger partial charge in [0.15, 0.2) is 0 Å². The fourth-order valence-corrected chi connectivity index (χ4v) is 1.32. The van der Waals surface area contributed by atoms with Gasteiger partial charge in [-0.3, -0.25) is 4.79 Å². The van der Waals surface area contributed by atoms with Gasteiger partial charge in [-0.1, -0.05) is 0 Å². The third kappa shape index (κ3) is 1.47. The number of aldehydes is 1. The standard InChI is InChI=1S/C7H9NO5/c9-4-7(5(10)11)1-2-8(3-7)6(12)13/h4H,1-3H2,(H,10,11)(H,12,13). The lowest BCUT2D eigenvalue weighted by Gasteiger charge is -2.16. The highest BCUT2D eigenvalue weighted by atomic mass is 16.4. The fraction of sp³-hybridized carbons (Fsp3) is 0.571. The van der Waals surface area contributed by atoms with E-state index < -0.39 is 17.5 Å². The van der Waals surface area contributed by atoms with Crippen LogP contribution in [0.3, 0.4) is 0 Å². The van der Waals surface area contributed by atoms with Crippen LogP contribution in [0, 0.1) is 5.41 Å². The first kappa shape index (κ1) is 9.50. The minimum absolute atomic E-state index is 0.0537. The zero-order valence-electron chi connectivity index (χ0n) is 6.77. The summed E-state index contributed by atoms with van der Waals surface area (Å²) in [7, 11) is 0. The van der Waals surface area contributed by atoms with E-state index in [1.54, 1.807) is 0 Å². The van der Waals surface area contributed by atoms with Gasteiger partial charge < -0.3 is 19.9 Å². The van der Waals surface area contributed by atoms with Crippen LogP contribution in [0.1, 0.15) is 6.42 Å². The predicted molar refractivity (Wildman–Crippen MR) is 40.3 cm³/mol. The maximum Gasteiger partial charge on any atom is 0.407 e. The number of nitrogens with zero attached hydrogens (tertiary/aromatic N) is 1. The van der Waals surface area contributed by atoms with Crippen LogP contribution < -0.4 is 0 Å². The Balaban J connectivity index is 2.80. The van der Waals surface area contributed by atoms with Gasteiger partial charge >= 0.3 is 12.1 Å². The monoisotopic (exact) mass is 187 g/mol. The summed E-state index contributed by atoms with van der Waals surface area (Å²) in [5.41, 5.74) is -1.53. The molecule has 2 N–H and O–H groups in total. The highest BCUT2D eigenvalue weighted by molar-refractivity contribution is 5.93. The minimum atomic E-state index is -1.53. The van der Waals surface area contributed by atoms with Crippen LogP contribution in [-0.2, 0) is 9.59 Å². The first-order valence-corrected chi connectivity index (χ1v) is 3.69. The third-order valence-corrected chi connectivity index (χ3v) is 2.22. The minimum Gasteiger partial charge on any atom is -0.480 e. The van der Waals surface area contributed by atoms with E-state index in [4.69, 9.17) is 10.2 Å². The number of hydrogen-bond donors (Lipinski definition) is 2. The van der Waals surface area contributed by atoms with Crippen molar-refractivity contribution in [3.05, 3.63) is 0 Å². The van der Waals surface area contributed by atoms with Crippen LogP contribution in [0.25, 0.3) is 0 Å². The highest BCUT2D eigenvalue weighted by Gasteiger charge is 2.46. The Bertz CT molecular complexity index is 264. The van der Waals surface area contributed by atoms with Crippen molar-refractivity contribution >= 4 is 18.3 Å². The maximum atomic E-state index is 10.7. The SMILES string of the molecule is O=CC1(C(=O)O)CCN(C(=O)O)C1. The topological polar surface area (TPSA) is 94.9 Å². The molecule has 1 fully saturated rings. The lowest BCUT2D eigenvalue weighted by molar-refractivity contribution is -0.150. The summed E-state index contributed by atoms with van der Waals surface area (Å²) in [5.74, 6) is -1.26. The Morgan fingerprint density at radius 3 is 2.23 bits per heavy atom. The van der Waals surface area contributed by atoms with E-state index in [2.05, 4.69) is 0 Å². The number of likely N-dealkylation sites (tertiary alicyclic amines) is 1. The molecule has 0 aliphatic carbocycles. The van der Waals surface area contributed by atoms with Crippen LogP contribution in [0.5, 0.6) is 0 Å². The smallest absolute Gasteiger partial charge is 0.407 e. The zero-order chi connectivity index (χ0) is 10.1. The summed E-state index contributed by atoms with van der Waals surface area (Å²) < 4.78 is 0. The van der Waals surface area contributed by atoms with E-state index in [1.165, 1.54) is 0 Å². The molecule has 13 heavy (non-hydrogen) atoms. The largest absolute Gasteiger partial charge is 0.480 e. The number of amides is 1. The van der Waals surface area contributed by atoms with Gasteiger partial charge in [0.05, 0.1) is 0 Å². The molecule has 1 aliphatic rings. The molecule has 0 bridgehead atoms. The molecule has 0 aromatic rings. The van der Waals surface area contributed by atoms with Crippen LogP contribution >= 0.6 is 0 Å². The molecule has 6 nitrogen and oxygen atoms in total. The van der Waals surface area contributed by atoms with Crippen LogP contribution in [0.15, 0.2) is 0 Å². The lowest BCUT2D eigenvalue weighted by atomic mass is 9.89. The molecule has 0 radical (unpaired) electrons. The van der Waals surface area contributed by atoms with E-state index in [0.717, 1.165) is 4.90 Å². The van der Waals surface area contributed by atoms with E-state index in [1.807, 2.05) is 0 Å². The summed E-state index contributed by atoms with van der Waals surface area (Å²) in [5, 5.41) is 17.3. The summed E-state index contributed by atoms with van der Waals surface area (Å²) in [6, 6.07) is 0. The maximum absolute atomic E-state index is 10.7. The summed E-state index contributed by atoms with van der Waals surface area (Å²) >= 11 is 0. The molecule has 1 aliphatic heterocycles. The number of rotatable bonds is 2. The first-order chi connectivity index (χ1) is 6.02. The average Bonchev–Trinajstić information content (AvgIpc) is 2.49. The third-order valence-electron chi connectivity index (χ3n) is 2.22. The molecule has 1 atom stereocenters. The number of carboxylic acids is 1. The van der Waals surface area contributed by atoms with Gasteiger partial charge in [-0.2, -0.15) is 0 Å². The summed E-state index contributed by atoms with van der Waals surface area (Å²) in [6.45, 7) is -0.151. The molecule has 0 spiro atoms. The lowest BCUT2D eigenvalue weighted by Crippen LogP contribution is -2.37. The number of aliphatic carboxylic acids is 1. The van der Waals surface area contributed by atoms with Crippen molar-refractivity contribution in [2.45, 2.75) is 6.42 Å². The van der Waals surface area contributed by atoms with E-state index in [0.29, 0.717) is 6.29 Å². The molecular formula is C7H9NO5. The number of carbonyl (C=O) groups excluding carboxylic acids is 1. The van der Waals surface area contributed by atoms with Gasteiger partial charge in [-0.25, -0.2) is 4.79 Å². The van der Waals surface area contributed by atoms with Crippen molar-refractivity contribution in [1.29, 1.82) is 0 Å². The van der Waals surface area contributed by atoms with Crippen molar-refractivity contribution in [2.75, 3.05) is 13.1 Å². The predicted octanol–water partition coefficient (Wildman–Crippen LogP) is -0.360. The van der Waals surface area contributed by atoms with Gasteiger partial charge in [0.2, 0.25) is 0 Å². The number of carbonyl (C=O) groups is 3. The fourth-order valence-electron chi connectivity index (χ4n) is 1.32. The van der Waals surface area contributed by atoms with E-state index in [9.17, 15) is 14.4 Å². The Morgan fingerprint density at radius 2 is 2.00 bits per heavy atom. The molecule has 1 heterocycles. The van der Waals surface area contributed by atoms with Gasteiger partial charge in [-0.15, -0.1) is 0 Å². The van der Waals surface area contributed by atoms with E-state index >= 15 is 0 Å². The summed E-state index contributed by atoms with van der Waals surface area (Å²) in [4.78, 5) is 32.6. The second kappa shape index (κ2) is 3.04. The molecular weight excluding hydrogens is 178 g/mol. The molecule has 0 aromatic heterocycles. The Kier molecular flexibility index (Phi) is 2.22. The van der Waals surface area contributed by atoms with Crippen molar-refractivity contribution < 1.29 is 24.6 Å². The van der Waals surface area contributed by atoms with Gasteiger partial charge in [0.25, 0.3) is 0 Å². The Morgan fingerprint density at radius 1 is 1.38 bits per heavy atom. The molecule has 1 unspecified atom stereocenters. The number of carboxylic acid groups (broad SMARTS) is 2. The second-order valence-corrected chi connectivity index (χ2v) is 3.03. The van der Waals surface area contributed by atoms with E-state index in [-0.39, 0.29) is 19.5 Å². The number of hydrogen-bond acceptors (Lipinski definition) is 3. The highest BCUT2D eigenvalue weighted by Crippen LogP contribution is 2.28. The molecule has 1 saturated heterocycles. The van der Waals surface area contributed by atoms with Crippen molar-refractivity contribution in [3.63, 3.8) is 0 Å². The summed E-state index contributed by atoms with van der Waals surface area (Å²) in [6.07, 6.45) is -0.818. The van der Waals surface area contributed by atoms with Gasteiger partial charge in [0, 0.05) is 13.1 Å². The quantitative estimate of drug-likeness (QED) is 0.454. The average molecular weight is 187 g/mol. The van der Waals surface area contributed by atoms with Crippen LogP contribution in [0.4, 0.5) is 4.79 Å². The van der Waals surface area contributed by atoms with Gasteiger partial charge in [0.1, 0.15) is 11.7 Å². The van der Waals surface area contributed by atoms with Crippen molar-refractivity contribution in [3.8, 4) is 0 Å². The molecule has 72 valence electrons. The van der Waals surface area contributed by atoms with Crippen LogP contribution in [-0.4, -0.2) is 46.6 Å². The molecule has 1 amide bonds. The normalized spacial score (nSPS) is 27.2. The molecule has 0 saturated carbocycles. The van der Waals surface area contributed by atoms with Crippen molar-refractivity contribution in [1.82, 2.24) is 4.90 Å². The zero-order valence-corrected chi connectivity index (χ0v) is 6.77. The molecule has 1 rings (SSSR count). The van der Waals surface area contributed by atoms with Crippen molar-refractivity contribution in [2.24, 2.45) is 5.41 Å². The van der Waals surface area contributed by atoms with Gasteiger partial charge in [-0.05, 0) is 6.42 Å².